The van der Waals surface area contributed by atoms with Crippen molar-refractivity contribution in [3.05, 3.63) is 57.5 Å². The van der Waals surface area contributed by atoms with Gasteiger partial charge in [-0.15, -0.1) is 0 Å². The van der Waals surface area contributed by atoms with Gasteiger partial charge in [-0.05, 0) is 51.2 Å². The average Bonchev–Trinajstić information content (AvgIpc) is 3.41. The van der Waals surface area contributed by atoms with Gasteiger partial charge >= 0.3 is 0 Å². The van der Waals surface area contributed by atoms with E-state index in [1.807, 2.05) is 13.8 Å². The molecule has 5 rings (SSSR count). The number of halogens is 1. The number of nitrogens with one attached hydrogen (secondary N) is 1. The molecule has 2 amide bonds. The van der Waals surface area contributed by atoms with Crippen LogP contribution in [0, 0.1) is 11.7 Å². The summed E-state index contributed by atoms with van der Waals surface area (Å²) in [6.45, 7) is 5.10. The van der Waals surface area contributed by atoms with E-state index in [1.54, 1.807) is 15.5 Å². The first-order valence-electron chi connectivity index (χ1n) is 11.8. The van der Waals surface area contributed by atoms with Crippen molar-refractivity contribution in [1.82, 2.24) is 24.1 Å². The highest BCUT2D eigenvalue weighted by Crippen LogP contribution is 2.26. The SMILES string of the molecule is CC(C)N1Cc2c(n(CC(=O)Nc3ccc(F)cn3)c3cc(CC4CCOCC4)nn3c2=O)C1=O. The van der Waals surface area contributed by atoms with Crippen molar-refractivity contribution in [3.63, 3.8) is 0 Å². The predicted molar refractivity (Wildman–Crippen MR) is 125 cm³/mol. The third-order valence-electron chi connectivity index (χ3n) is 6.57. The number of hydrogen-bond donors (Lipinski definition) is 1. The summed E-state index contributed by atoms with van der Waals surface area (Å²) in [5, 5.41) is 7.19. The lowest BCUT2D eigenvalue weighted by atomic mass is 9.95. The van der Waals surface area contributed by atoms with E-state index < -0.39 is 11.7 Å². The van der Waals surface area contributed by atoms with Gasteiger partial charge in [-0.2, -0.15) is 9.61 Å². The largest absolute Gasteiger partial charge is 0.381 e. The first kappa shape index (κ1) is 23.2. The second-order valence-corrected chi connectivity index (χ2v) is 9.32. The molecule has 35 heavy (non-hydrogen) atoms. The minimum Gasteiger partial charge on any atom is -0.381 e. The molecule has 1 saturated heterocycles. The topological polar surface area (TPSA) is 111 Å². The zero-order chi connectivity index (χ0) is 24.7. The normalized spacial score (nSPS) is 16.3. The lowest BCUT2D eigenvalue weighted by Crippen LogP contribution is -2.32. The maximum Gasteiger partial charge on any atom is 0.280 e. The molecule has 5 heterocycles. The first-order chi connectivity index (χ1) is 16.8. The molecule has 0 spiro atoms. The van der Waals surface area contributed by atoms with Gasteiger partial charge in [0, 0.05) is 25.3 Å². The minimum absolute atomic E-state index is 0.114. The number of carbonyl (C=O) groups excluding carboxylic acids is 2. The van der Waals surface area contributed by atoms with Crippen LogP contribution in [0.2, 0.25) is 0 Å². The van der Waals surface area contributed by atoms with Crippen LogP contribution < -0.4 is 10.9 Å². The summed E-state index contributed by atoms with van der Waals surface area (Å²) in [4.78, 5) is 45.0. The highest BCUT2D eigenvalue weighted by molar-refractivity contribution is 5.98. The molecule has 11 heteroatoms. The molecule has 10 nitrogen and oxygen atoms in total. The van der Waals surface area contributed by atoms with Crippen LogP contribution in [0.4, 0.5) is 10.2 Å². The van der Waals surface area contributed by atoms with Crippen molar-refractivity contribution in [3.8, 4) is 0 Å². The Labute approximate surface area is 200 Å². The molecule has 0 aliphatic carbocycles. The fraction of sp³-hybridized carbons (Fsp3) is 0.458. The maximum absolute atomic E-state index is 13.3. The zero-order valence-corrected chi connectivity index (χ0v) is 19.7. The third-order valence-corrected chi connectivity index (χ3v) is 6.57. The van der Waals surface area contributed by atoms with Crippen LogP contribution in [0.5, 0.6) is 0 Å². The summed E-state index contributed by atoms with van der Waals surface area (Å²) in [5.41, 5.74) is 1.30. The quantitative estimate of drug-likeness (QED) is 0.575. The van der Waals surface area contributed by atoms with E-state index in [2.05, 4.69) is 15.4 Å². The fourth-order valence-corrected chi connectivity index (χ4v) is 4.73. The number of aromatic nitrogens is 4. The van der Waals surface area contributed by atoms with Crippen LogP contribution in [0.3, 0.4) is 0 Å². The van der Waals surface area contributed by atoms with Crippen molar-refractivity contribution in [2.24, 2.45) is 5.92 Å². The number of carbonyl (C=O) groups is 2. The smallest absolute Gasteiger partial charge is 0.280 e. The summed E-state index contributed by atoms with van der Waals surface area (Å²) in [6.07, 6.45) is 3.54. The number of hydrogen-bond acceptors (Lipinski definition) is 6. The Kier molecular flexibility index (Phi) is 6.10. The molecule has 0 unspecified atom stereocenters. The highest BCUT2D eigenvalue weighted by Gasteiger charge is 2.36. The Morgan fingerprint density at radius 1 is 1.26 bits per heavy atom. The summed E-state index contributed by atoms with van der Waals surface area (Å²) >= 11 is 0. The molecule has 0 aromatic carbocycles. The van der Waals surface area contributed by atoms with E-state index in [4.69, 9.17) is 4.74 Å². The van der Waals surface area contributed by atoms with E-state index in [-0.39, 0.29) is 42.1 Å². The van der Waals surface area contributed by atoms with E-state index >= 15 is 0 Å². The summed E-state index contributed by atoms with van der Waals surface area (Å²) in [6, 6.07) is 4.22. The van der Waals surface area contributed by atoms with E-state index in [9.17, 15) is 18.8 Å². The van der Waals surface area contributed by atoms with Crippen molar-refractivity contribution >= 4 is 23.3 Å². The lowest BCUT2D eigenvalue weighted by Gasteiger charge is -2.20. The average molecular weight is 483 g/mol. The Morgan fingerprint density at radius 2 is 2.03 bits per heavy atom. The number of pyridine rings is 1. The van der Waals surface area contributed by atoms with Crippen LogP contribution in [0.25, 0.3) is 5.65 Å². The molecule has 1 fully saturated rings. The third kappa shape index (κ3) is 4.43. The van der Waals surface area contributed by atoms with Crippen molar-refractivity contribution in [2.45, 2.75) is 52.2 Å². The maximum atomic E-state index is 13.3. The number of rotatable bonds is 6. The second-order valence-electron chi connectivity index (χ2n) is 9.32. The van der Waals surface area contributed by atoms with Crippen LogP contribution in [0.15, 0.2) is 29.2 Å². The van der Waals surface area contributed by atoms with Gasteiger partial charge in [0.05, 0.1) is 24.0 Å². The van der Waals surface area contributed by atoms with Gasteiger partial charge in [-0.25, -0.2) is 9.37 Å². The molecule has 0 saturated carbocycles. The van der Waals surface area contributed by atoms with Crippen molar-refractivity contribution < 1.29 is 18.7 Å². The van der Waals surface area contributed by atoms with Gasteiger partial charge in [0.1, 0.15) is 29.5 Å². The number of amides is 2. The molecular formula is C24H27FN6O4. The predicted octanol–water partition coefficient (Wildman–Crippen LogP) is 2.00. The van der Waals surface area contributed by atoms with Gasteiger partial charge in [0.2, 0.25) is 5.91 Å². The molecule has 0 radical (unpaired) electrons. The van der Waals surface area contributed by atoms with E-state index in [0.29, 0.717) is 36.8 Å². The number of nitrogens with zero attached hydrogens (tertiary/aromatic N) is 5. The van der Waals surface area contributed by atoms with Gasteiger partial charge in [0.15, 0.2) is 0 Å². The molecule has 1 N–H and O–H groups in total. The summed E-state index contributed by atoms with van der Waals surface area (Å²) in [7, 11) is 0. The number of ether oxygens (including phenoxy) is 1. The Balaban J connectivity index is 1.54. The highest BCUT2D eigenvalue weighted by atomic mass is 19.1. The monoisotopic (exact) mass is 482 g/mol. The Hall–Kier alpha value is -3.60. The van der Waals surface area contributed by atoms with Crippen LogP contribution in [-0.2, 0) is 29.0 Å². The molecule has 0 bridgehead atoms. The first-order valence-corrected chi connectivity index (χ1v) is 11.8. The molecule has 0 atom stereocenters. The Bertz CT molecular complexity index is 1340. The molecular weight excluding hydrogens is 455 g/mol. The van der Waals surface area contributed by atoms with Gasteiger partial charge in [0.25, 0.3) is 11.5 Å². The minimum atomic E-state index is -0.515. The molecule has 3 aromatic heterocycles. The Morgan fingerprint density at radius 3 is 2.71 bits per heavy atom. The fourth-order valence-electron chi connectivity index (χ4n) is 4.73. The zero-order valence-electron chi connectivity index (χ0n) is 19.7. The standard InChI is InChI=1S/C24H27FN6O4/c1-14(2)29-12-18-22(24(29)34)30(13-20(32)27-19-4-3-16(25)11-26-19)21-10-17(28-31(21)23(18)33)9-15-5-7-35-8-6-15/h3-4,10-11,14-15H,5-9,12-13H2,1-2H3,(H,26,27,32). The molecule has 184 valence electrons. The molecule has 2 aliphatic rings. The van der Waals surface area contributed by atoms with E-state index in [1.165, 1.54) is 16.6 Å². The van der Waals surface area contributed by atoms with Crippen LogP contribution in [0.1, 0.15) is 48.4 Å². The molecule has 3 aromatic rings. The lowest BCUT2D eigenvalue weighted by molar-refractivity contribution is -0.116. The van der Waals surface area contributed by atoms with Crippen LogP contribution in [-0.4, -0.2) is 55.1 Å². The number of fused-ring (bicyclic) bond motifs is 2. The van der Waals surface area contributed by atoms with Gasteiger partial charge in [-0.3, -0.25) is 14.4 Å². The second kappa shape index (κ2) is 9.21. The number of anilines is 1. The van der Waals surface area contributed by atoms with Crippen molar-refractivity contribution in [2.75, 3.05) is 18.5 Å². The molecule has 2 aliphatic heterocycles. The summed E-state index contributed by atoms with van der Waals surface area (Å²) < 4.78 is 21.5. The van der Waals surface area contributed by atoms with Gasteiger partial charge in [-0.1, -0.05) is 0 Å². The van der Waals surface area contributed by atoms with Gasteiger partial charge < -0.3 is 19.5 Å². The summed E-state index contributed by atoms with van der Waals surface area (Å²) in [5.74, 6) is -0.683. The van der Waals surface area contributed by atoms with Crippen molar-refractivity contribution in [1.29, 1.82) is 0 Å². The van der Waals surface area contributed by atoms with Crippen LogP contribution >= 0.6 is 0 Å². The van der Waals surface area contributed by atoms with E-state index in [0.717, 1.165) is 24.7 Å².